The van der Waals surface area contributed by atoms with Crippen LogP contribution in [0.5, 0.6) is 0 Å². The molecule has 3 rings (SSSR count). The van der Waals surface area contributed by atoms with Crippen LogP contribution in [0.25, 0.3) is 0 Å². The molecule has 4 nitrogen and oxygen atoms in total. The van der Waals surface area contributed by atoms with Gasteiger partial charge in [-0.05, 0) is 43.5 Å². The largest absolute Gasteiger partial charge is 0.478 e. The van der Waals surface area contributed by atoms with Gasteiger partial charge in [0.25, 0.3) is 0 Å². The summed E-state index contributed by atoms with van der Waals surface area (Å²) in [4.78, 5) is 11.1. The maximum Gasteiger partial charge on any atom is 0.335 e. The van der Waals surface area contributed by atoms with Crippen LogP contribution in [0.3, 0.4) is 0 Å². The van der Waals surface area contributed by atoms with Crippen LogP contribution in [0, 0.1) is 6.92 Å². The lowest BCUT2D eigenvalue weighted by atomic mass is 9.93. The lowest BCUT2D eigenvalue weighted by Crippen LogP contribution is -2.16. The summed E-state index contributed by atoms with van der Waals surface area (Å²) in [5, 5.41) is 12.6. The zero-order valence-electron chi connectivity index (χ0n) is 11.3. The van der Waals surface area contributed by atoms with Crippen molar-refractivity contribution in [1.29, 1.82) is 0 Å². The van der Waals surface area contributed by atoms with E-state index < -0.39 is 5.97 Å². The number of carboxylic acids is 1. The highest BCUT2D eigenvalue weighted by Crippen LogP contribution is 2.34. The van der Waals surface area contributed by atoms with Crippen LogP contribution in [0.15, 0.2) is 34.9 Å². The van der Waals surface area contributed by atoms with E-state index in [9.17, 15) is 4.79 Å². The van der Waals surface area contributed by atoms with Gasteiger partial charge < -0.3 is 14.8 Å². The summed E-state index contributed by atoms with van der Waals surface area (Å²) in [6.07, 6.45) is 4.82. The topological polar surface area (TPSA) is 62.5 Å². The van der Waals surface area contributed by atoms with E-state index in [2.05, 4.69) is 5.32 Å². The van der Waals surface area contributed by atoms with Crippen molar-refractivity contribution in [3.8, 4) is 0 Å². The molecule has 1 unspecified atom stereocenters. The molecule has 0 fully saturated rings. The molecule has 20 heavy (non-hydrogen) atoms. The Morgan fingerprint density at radius 2 is 2.25 bits per heavy atom. The standard InChI is InChI=1S/C16H17NO3/c1-10-5-6-11(16(18)19)9-14(10)17-13-3-2-4-15-12(13)7-8-20-15/h5-9,13,17H,2-4H2,1H3,(H,18,19). The molecule has 2 aromatic rings. The lowest BCUT2D eigenvalue weighted by molar-refractivity contribution is 0.0697. The average Bonchev–Trinajstić information content (AvgIpc) is 2.90. The van der Waals surface area contributed by atoms with Gasteiger partial charge in [-0.15, -0.1) is 0 Å². The number of furan rings is 1. The van der Waals surface area contributed by atoms with Crippen LogP contribution in [-0.2, 0) is 6.42 Å². The predicted octanol–water partition coefficient (Wildman–Crippen LogP) is 3.78. The Labute approximate surface area is 117 Å². The zero-order valence-corrected chi connectivity index (χ0v) is 11.3. The van der Waals surface area contributed by atoms with Gasteiger partial charge in [-0.3, -0.25) is 0 Å². The van der Waals surface area contributed by atoms with E-state index in [1.54, 1.807) is 18.4 Å². The first-order valence-electron chi connectivity index (χ1n) is 6.82. The second-order valence-electron chi connectivity index (χ2n) is 5.22. The van der Waals surface area contributed by atoms with Gasteiger partial charge in [-0.25, -0.2) is 4.79 Å². The molecule has 0 spiro atoms. The van der Waals surface area contributed by atoms with Gasteiger partial charge >= 0.3 is 5.97 Å². The fraction of sp³-hybridized carbons (Fsp3) is 0.312. The molecule has 1 atom stereocenters. The Kier molecular flexibility index (Phi) is 3.22. The third kappa shape index (κ3) is 2.29. The third-order valence-electron chi connectivity index (χ3n) is 3.87. The second kappa shape index (κ2) is 5.04. The molecule has 0 bridgehead atoms. The van der Waals surface area contributed by atoms with E-state index in [0.717, 1.165) is 36.3 Å². The molecule has 1 heterocycles. The molecule has 1 aliphatic rings. The van der Waals surface area contributed by atoms with Crippen LogP contribution in [0.2, 0.25) is 0 Å². The van der Waals surface area contributed by atoms with Crippen molar-refractivity contribution in [2.45, 2.75) is 32.2 Å². The van der Waals surface area contributed by atoms with Crippen LogP contribution in [0.4, 0.5) is 5.69 Å². The number of hydrogen-bond donors (Lipinski definition) is 2. The molecule has 0 radical (unpaired) electrons. The third-order valence-corrected chi connectivity index (χ3v) is 3.87. The number of aryl methyl sites for hydroxylation is 2. The lowest BCUT2D eigenvalue weighted by Gasteiger charge is -2.24. The van der Waals surface area contributed by atoms with Crippen LogP contribution in [0.1, 0.15) is 46.1 Å². The van der Waals surface area contributed by atoms with Crippen molar-refractivity contribution in [1.82, 2.24) is 0 Å². The van der Waals surface area contributed by atoms with Gasteiger partial charge in [0.2, 0.25) is 0 Å². The summed E-state index contributed by atoms with van der Waals surface area (Å²) in [6.45, 7) is 1.98. The number of nitrogens with one attached hydrogen (secondary N) is 1. The quantitative estimate of drug-likeness (QED) is 0.891. The number of aromatic carboxylic acids is 1. The summed E-state index contributed by atoms with van der Waals surface area (Å²) < 4.78 is 5.48. The van der Waals surface area contributed by atoms with E-state index in [4.69, 9.17) is 9.52 Å². The first kappa shape index (κ1) is 12.8. The molecule has 0 amide bonds. The molecule has 0 saturated heterocycles. The molecular formula is C16H17NO3. The monoisotopic (exact) mass is 271 g/mol. The SMILES string of the molecule is Cc1ccc(C(=O)O)cc1NC1CCCc2occc21. The molecule has 1 aromatic heterocycles. The molecular weight excluding hydrogens is 254 g/mol. The zero-order chi connectivity index (χ0) is 14.1. The highest BCUT2D eigenvalue weighted by Gasteiger charge is 2.23. The number of carbonyl (C=O) groups is 1. The Bertz CT molecular complexity index is 645. The number of benzene rings is 1. The van der Waals surface area contributed by atoms with Gasteiger partial charge in [0, 0.05) is 17.7 Å². The van der Waals surface area contributed by atoms with Crippen LogP contribution >= 0.6 is 0 Å². The Balaban J connectivity index is 1.89. The van der Waals surface area contributed by atoms with Gasteiger partial charge in [-0.1, -0.05) is 6.07 Å². The van der Waals surface area contributed by atoms with Crippen molar-refractivity contribution in [3.05, 3.63) is 53.0 Å². The average molecular weight is 271 g/mol. The minimum Gasteiger partial charge on any atom is -0.478 e. The van der Waals surface area contributed by atoms with Crippen molar-refractivity contribution in [2.24, 2.45) is 0 Å². The highest BCUT2D eigenvalue weighted by atomic mass is 16.4. The van der Waals surface area contributed by atoms with E-state index >= 15 is 0 Å². The van der Waals surface area contributed by atoms with Crippen molar-refractivity contribution >= 4 is 11.7 Å². The molecule has 0 aliphatic heterocycles. The molecule has 104 valence electrons. The Hall–Kier alpha value is -2.23. The van der Waals surface area contributed by atoms with E-state index in [-0.39, 0.29) is 6.04 Å². The van der Waals surface area contributed by atoms with E-state index in [1.165, 1.54) is 5.56 Å². The summed E-state index contributed by atoms with van der Waals surface area (Å²) in [6, 6.07) is 7.37. The number of fused-ring (bicyclic) bond motifs is 1. The van der Waals surface area contributed by atoms with Crippen molar-refractivity contribution in [2.75, 3.05) is 5.32 Å². The Morgan fingerprint density at radius 3 is 3.05 bits per heavy atom. The first-order chi connectivity index (χ1) is 9.65. The molecule has 4 heteroatoms. The van der Waals surface area contributed by atoms with E-state index in [1.807, 2.05) is 19.1 Å². The van der Waals surface area contributed by atoms with Gasteiger partial charge in [-0.2, -0.15) is 0 Å². The molecule has 2 N–H and O–H groups in total. The fourth-order valence-corrected chi connectivity index (χ4v) is 2.73. The first-order valence-corrected chi connectivity index (χ1v) is 6.82. The maximum absolute atomic E-state index is 11.1. The molecule has 1 aromatic carbocycles. The van der Waals surface area contributed by atoms with Crippen molar-refractivity contribution < 1.29 is 14.3 Å². The maximum atomic E-state index is 11.1. The fourth-order valence-electron chi connectivity index (χ4n) is 2.73. The number of carboxylic acid groups (broad SMARTS) is 1. The van der Waals surface area contributed by atoms with Gasteiger partial charge in [0.15, 0.2) is 0 Å². The number of anilines is 1. The molecule has 0 saturated carbocycles. The summed E-state index contributed by atoms with van der Waals surface area (Å²) in [7, 11) is 0. The minimum absolute atomic E-state index is 0.195. The molecule has 1 aliphatic carbocycles. The number of rotatable bonds is 3. The van der Waals surface area contributed by atoms with Crippen LogP contribution < -0.4 is 5.32 Å². The Morgan fingerprint density at radius 1 is 1.40 bits per heavy atom. The minimum atomic E-state index is -0.902. The van der Waals surface area contributed by atoms with Gasteiger partial charge in [0.1, 0.15) is 5.76 Å². The van der Waals surface area contributed by atoms with Crippen LogP contribution in [-0.4, -0.2) is 11.1 Å². The summed E-state index contributed by atoms with van der Waals surface area (Å²) in [5.41, 5.74) is 3.42. The van der Waals surface area contributed by atoms with Crippen molar-refractivity contribution in [3.63, 3.8) is 0 Å². The number of hydrogen-bond acceptors (Lipinski definition) is 3. The normalized spacial score (nSPS) is 17.6. The smallest absolute Gasteiger partial charge is 0.335 e. The second-order valence-corrected chi connectivity index (χ2v) is 5.22. The van der Waals surface area contributed by atoms with E-state index in [0.29, 0.717) is 5.56 Å². The van der Waals surface area contributed by atoms with Gasteiger partial charge in [0.05, 0.1) is 17.9 Å². The summed E-state index contributed by atoms with van der Waals surface area (Å²) in [5.74, 6) is 0.140. The predicted molar refractivity (Wildman–Crippen MR) is 76.1 cm³/mol. The summed E-state index contributed by atoms with van der Waals surface area (Å²) >= 11 is 0. The highest BCUT2D eigenvalue weighted by molar-refractivity contribution is 5.89.